The van der Waals surface area contributed by atoms with Crippen LogP contribution in [0, 0.1) is 0 Å². The molecule has 0 aromatic heterocycles. The number of hydrogen-bond acceptors (Lipinski definition) is 3. The van der Waals surface area contributed by atoms with Crippen LogP contribution < -0.4 is 10.6 Å². The molecule has 1 aliphatic rings. The number of aliphatic hydroxyl groups excluding tert-OH is 1. The Morgan fingerprint density at radius 1 is 1.67 bits per heavy atom. The number of hydrogen-bond donors (Lipinski definition) is 3. The fourth-order valence-electron chi connectivity index (χ4n) is 0.960. The van der Waals surface area contributed by atoms with Crippen LogP contribution in [0.4, 0.5) is 9.18 Å². The summed E-state index contributed by atoms with van der Waals surface area (Å²) >= 11 is 0. The molecule has 1 saturated heterocycles. The first kappa shape index (κ1) is 8.92. The molecule has 0 aliphatic carbocycles. The summed E-state index contributed by atoms with van der Waals surface area (Å²) in [5.74, 6) is -1.10. The van der Waals surface area contributed by atoms with Gasteiger partial charge in [0.2, 0.25) is 5.67 Å². The van der Waals surface area contributed by atoms with Crippen molar-refractivity contribution >= 4 is 11.9 Å². The second kappa shape index (κ2) is 2.71. The second-order valence-electron chi connectivity index (χ2n) is 2.55. The lowest BCUT2D eigenvalue weighted by molar-refractivity contribution is -0.144. The van der Waals surface area contributed by atoms with E-state index in [4.69, 9.17) is 5.11 Å². The number of aliphatic hydroxyl groups is 1. The van der Waals surface area contributed by atoms with Crippen molar-refractivity contribution in [3.8, 4) is 0 Å². The van der Waals surface area contributed by atoms with Crippen molar-refractivity contribution in [2.45, 2.75) is 25.2 Å². The van der Waals surface area contributed by atoms with Crippen LogP contribution in [-0.2, 0) is 4.79 Å². The van der Waals surface area contributed by atoms with Crippen LogP contribution in [0.2, 0.25) is 0 Å². The molecule has 0 bridgehead atoms. The maximum atomic E-state index is 13.4. The molecule has 3 N–H and O–H groups in total. The smallest absolute Gasteiger partial charge is 0.323 e. The van der Waals surface area contributed by atoms with Gasteiger partial charge in [-0.3, -0.25) is 10.1 Å². The first-order valence-corrected chi connectivity index (χ1v) is 3.49. The molecule has 3 amide bonds. The van der Waals surface area contributed by atoms with Crippen LogP contribution in [-0.4, -0.2) is 28.9 Å². The Hall–Kier alpha value is -1.17. The van der Waals surface area contributed by atoms with E-state index < -0.39 is 23.8 Å². The van der Waals surface area contributed by atoms with E-state index in [9.17, 15) is 14.0 Å². The van der Waals surface area contributed by atoms with Crippen LogP contribution >= 0.6 is 0 Å². The standard InChI is InChI=1S/C6H9FN2O3/c1-2-6(7)3(10)8-5(12)9-4(6)11/h3,10H,2H2,1H3,(H2,8,9,11,12)/t3-,6+/m0/s1. The van der Waals surface area contributed by atoms with E-state index in [2.05, 4.69) is 0 Å². The molecule has 1 heterocycles. The zero-order chi connectivity index (χ0) is 9.35. The topological polar surface area (TPSA) is 78.4 Å². The van der Waals surface area contributed by atoms with Gasteiger partial charge < -0.3 is 10.4 Å². The molecule has 0 radical (unpaired) electrons. The lowest BCUT2D eigenvalue weighted by Crippen LogP contribution is -2.66. The highest BCUT2D eigenvalue weighted by atomic mass is 19.1. The summed E-state index contributed by atoms with van der Waals surface area (Å²) in [6, 6.07) is -0.880. The molecule has 0 aromatic rings. The Bertz CT molecular complexity index is 233. The van der Waals surface area contributed by atoms with Crippen molar-refractivity contribution in [2.24, 2.45) is 0 Å². The third-order valence-electron chi connectivity index (χ3n) is 1.82. The second-order valence-corrected chi connectivity index (χ2v) is 2.55. The zero-order valence-electron chi connectivity index (χ0n) is 6.43. The molecule has 12 heavy (non-hydrogen) atoms. The van der Waals surface area contributed by atoms with Gasteiger partial charge in [-0.1, -0.05) is 6.92 Å². The molecule has 1 fully saturated rings. The van der Waals surface area contributed by atoms with Crippen LogP contribution in [0.25, 0.3) is 0 Å². The maximum Gasteiger partial charge on any atom is 0.323 e. The average molecular weight is 176 g/mol. The van der Waals surface area contributed by atoms with Gasteiger partial charge >= 0.3 is 6.03 Å². The Balaban J connectivity index is 2.87. The molecule has 0 unspecified atom stereocenters. The van der Waals surface area contributed by atoms with Crippen LogP contribution in [0.1, 0.15) is 13.3 Å². The van der Waals surface area contributed by atoms with Crippen LogP contribution in [0.15, 0.2) is 0 Å². The van der Waals surface area contributed by atoms with Gasteiger partial charge in [0.1, 0.15) is 0 Å². The highest BCUT2D eigenvalue weighted by molar-refractivity contribution is 6.01. The number of carbonyl (C=O) groups is 2. The maximum absolute atomic E-state index is 13.4. The van der Waals surface area contributed by atoms with Gasteiger partial charge in [0.25, 0.3) is 5.91 Å². The number of imide groups is 1. The number of alkyl halides is 1. The molecule has 0 saturated carbocycles. The van der Waals surface area contributed by atoms with Crippen LogP contribution in [0.5, 0.6) is 0 Å². The molecule has 1 rings (SSSR count). The summed E-state index contributed by atoms with van der Waals surface area (Å²) in [6.45, 7) is 1.40. The molecule has 0 aromatic carbocycles. The van der Waals surface area contributed by atoms with Crippen molar-refractivity contribution in [1.82, 2.24) is 10.6 Å². The predicted octanol–water partition coefficient (Wildman–Crippen LogP) is -0.738. The quantitative estimate of drug-likeness (QED) is 0.492. The summed E-state index contributed by atoms with van der Waals surface area (Å²) < 4.78 is 13.4. The van der Waals surface area contributed by atoms with Crippen molar-refractivity contribution in [3.05, 3.63) is 0 Å². The van der Waals surface area contributed by atoms with Gasteiger partial charge in [0.05, 0.1) is 0 Å². The average Bonchev–Trinajstić information content (AvgIpc) is 2.00. The normalized spacial score (nSPS) is 35.8. The van der Waals surface area contributed by atoms with E-state index in [0.29, 0.717) is 0 Å². The monoisotopic (exact) mass is 176 g/mol. The molecule has 0 spiro atoms. The van der Waals surface area contributed by atoms with Gasteiger partial charge in [0, 0.05) is 0 Å². The zero-order valence-corrected chi connectivity index (χ0v) is 6.43. The Kier molecular flexibility index (Phi) is 2.01. The molecule has 6 heteroatoms. The largest absolute Gasteiger partial charge is 0.370 e. The van der Waals surface area contributed by atoms with Gasteiger partial charge in [-0.05, 0) is 6.42 Å². The molecule has 68 valence electrons. The van der Waals surface area contributed by atoms with E-state index in [1.165, 1.54) is 6.92 Å². The third kappa shape index (κ3) is 1.14. The summed E-state index contributed by atoms with van der Waals surface area (Å²) in [5, 5.41) is 12.6. The number of halogens is 1. The van der Waals surface area contributed by atoms with Gasteiger partial charge in [-0.25, -0.2) is 9.18 Å². The Morgan fingerprint density at radius 2 is 2.25 bits per heavy atom. The van der Waals surface area contributed by atoms with E-state index >= 15 is 0 Å². The summed E-state index contributed by atoms with van der Waals surface area (Å²) in [6.07, 6.45) is -1.95. The SMILES string of the molecule is CC[C@]1(F)C(=O)NC(=O)N[C@H]1O. The number of nitrogens with one attached hydrogen (secondary N) is 2. The number of carbonyl (C=O) groups excluding carboxylic acids is 2. The fraction of sp³-hybridized carbons (Fsp3) is 0.667. The van der Waals surface area contributed by atoms with E-state index in [-0.39, 0.29) is 6.42 Å². The molecule has 5 nitrogen and oxygen atoms in total. The number of amides is 3. The summed E-state index contributed by atoms with van der Waals surface area (Å²) in [4.78, 5) is 21.4. The van der Waals surface area contributed by atoms with Crippen LogP contribution in [0.3, 0.4) is 0 Å². The fourth-order valence-corrected chi connectivity index (χ4v) is 0.960. The minimum atomic E-state index is -2.41. The van der Waals surface area contributed by atoms with E-state index in [0.717, 1.165) is 0 Å². The Labute approximate surface area is 67.9 Å². The first-order valence-electron chi connectivity index (χ1n) is 3.49. The highest BCUT2D eigenvalue weighted by Crippen LogP contribution is 2.21. The lowest BCUT2D eigenvalue weighted by atomic mass is 9.98. The molecular formula is C6H9FN2O3. The minimum absolute atomic E-state index is 0.194. The predicted molar refractivity (Wildman–Crippen MR) is 36.8 cm³/mol. The lowest BCUT2D eigenvalue weighted by Gasteiger charge is -2.32. The first-order chi connectivity index (χ1) is 5.50. The highest BCUT2D eigenvalue weighted by Gasteiger charge is 2.49. The summed E-state index contributed by atoms with van der Waals surface area (Å²) in [7, 11) is 0. The minimum Gasteiger partial charge on any atom is -0.370 e. The molecule has 1 aliphatic heterocycles. The van der Waals surface area contributed by atoms with Gasteiger partial charge in [0.15, 0.2) is 6.23 Å². The van der Waals surface area contributed by atoms with Crippen molar-refractivity contribution in [2.75, 3.05) is 0 Å². The van der Waals surface area contributed by atoms with E-state index in [1.54, 1.807) is 5.32 Å². The number of urea groups is 1. The van der Waals surface area contributed by atoms with Crippen molar-refractivity contribution in [3.63, 3.8) is 0 Å². The third-order valence-corrected chi connectivity index (χ3v) is 1.82. The van der Waals surface area contributed by atoms with Gasteiger partial charge in [-0.15, -0.1) is 0 Å². The molecule has 2 atom stereocenters. The molecular weight excluding hydrogens is 167 g/mol. The number of rotatable bonds is 1. The van der Waals surface area contributed by atoms with Crippen molar-refractivity contribution in [1.29, 1.82) is 0 Å². The summed E-state index contributed by atoms with van der Waals surface area (Å²) in [5.41, 5.74) is -2.41. The van der Waals surface area contributed by atoms with Gasteiger partial charge in [-0.2, -0.15) is 0 Å². The Morgan fingerprint density at radius 3 is 2.67 bits per heavy atom. The van der Waals surface area contributed by atoms with Crippen molar-refractivity contribution < 1.29 is 19.1 Å². The van der Waals surface area contributed by atoms with E-state index in [1.807, 2.05) is 5.32 Å².